The second-order valence-corrected chi connectivity index (χ2v) is 5.54. The van der Waals surface area contributed by atoms with E-state index in [1.54, 1.807) is 11.3 Å². The van der Waals surface area contributed by atoms with E-state index in [1.807, 2.05) is 18.4 Å². The summed E-state index contributed by atoms with van der Waals surface area (Å²) in [6, 6.07) is 2.24. The first-order valence-corrected chi connectivity index (χ1v) is 7.05. The number of nitrogens with one attached hydrogen (secondary N) is 1. The van der Waals surface area contributed by atoms with E-state index in [9.17, 15) is 0 Å². The number of rotatable bonds is 5. The zero-order valence-corrected chi connectivity index (χ0v) is 11.9. The van der Waals surface area contributed by atoms with E-state index in [0.717, 1.165) is 23.7 Å². The van der Waals surface area contributed by atoms with Gasteiger partial charge in [-0.25, -0.2) is 9.97 Å². The van der Waals surface area contributed by atoms with Gasteiger partial charge in [-0.3, -0.25) is 0 Å². The van der Waals surface area contributed by atoms with Gasteiger partial charge >= 0.3 is 0 Å². The molecule has 1 unspecified atom stereocenters. The molecule has 0 aliphatic heterocycles. The number of thiophene rings is 1. The molecular weight excluding hydrogens is 268 g/mol. The molecule has 0 aliphatic carbocycles. The van der Waals surface area contributed by atoms with Crippen LogP contribution in [0.2, 0.25) is 5.02 Å². The molecule has 18 heavy (non-hydrogen) atoms. The smallest absolute Gasteiger partial charge is 0.226 e. The van der Waals surface area contributed by atoms with Gasteiger partial charge in [-0.05, 0) is 38.1 Å². The molecule has 6 heteroatoms. The van der Waals surface area contributed by atoms with Gasteiger partial charge in [-0.15, -0.1) is 11.3 Å². The lowest BCUT2D eigenvalue weighted by Gasteiger charge is -2.13. The van der Waals surface area contributed by atoms with Gasteiger partial charge in [0.1, 0.15) is 12.2 Å². The highest BCUT2D eigenvalue weighted by Crippen LogP contribution is 2.23. The van der Waals surface area contributed by atoms with Crippen LogP contribution in [0.5, 0.6) is 0 Å². The number of aromatic nitrogens is 3. The van der Waals surface area contributed by atoms with Crippen LogP contribution < -0.4 is 5.32 Å². The molecule has 2 aromatic rings. The van der Waals surface area contributed by atoms with E-state index in [1.165, 1.54) is 11.2 Å². The van der Waals surface area contributed by atoms with Crippen LogP contribution in [0.4, 0.5) is 5.95 Å². The summed E-state index contributed by atoms with van der Waals surface area (Å²) in [5, 5.41) is 6.15. The highest BCUT2D eigenvalue weighted by molar-refractivity contribution is 7.10. The molecule has 2 rings (SSSR count). The van der Waals surface area contributed by atoms with Crippen LogP contribution in [-0.2, 0) is 6.42 Å². The van der Waals surface area contributed by atoms with Crippen molar-refractivity contribution >= 4 is 28.9 Å². The predicted molar refractivity (Wildman–Crippen MR) is 75.3 cm³/mol. The SMILES string of the molecule is Cc1ncnc(NC(C)CCc2sccc2Cl)n1. The lowest BCUT2D eigenvalue weighted by atomic mass is 10.1. The Balaban J connectivity index is 1.86. The van der Waals surface area contributed by atoms with Gasteiger partial charge in [0.15, 0.2) is 0 Å². The molecular formula is C12H15ClN4S. The van der Waals surface area contributed by atoms with Crippen LogP contribution in [-0.4, -0.2) is 21.0 Å². The van der Waals surface area contributed by atoms with Crippen molar-refractivity contribution in [1.82, 2.24) is 15.0 Å². The van der Waals surface area contributed by atoms with Crippen molar-refractivity contribution in [3.8, 4) is 0 Å². The van der Waals surface area contributed by atoms with Crippen LogP contribution in [0.15, 0.2) is 17.8 Å². The second-order valence-electron chi connectivity index (χ2n) is 4.13. The molecule has 0 spiro atoms. The second kappa shape index (κ2) is 6.11. The van der Waals surface area contributed by atoms with Gasteiger partial charge in [0, 0.05) is 10.9 Å². The van der Waals surface area contributed by atoms with Crippen molar-refractivity contribution in [1.29, 1.82) is 0 Å². The van der Waals surface area contributed by atoms with Crippen LogP contribution >= 0.6 is 22.9 Å². The van der Waals surface area contributed by atoms with Crippen LogP contribution in [0.3, 0.4) is 0 Å². The largest absolute Gasteiger partial charge is 0.352 e. The zero-order valence-electron chi connectivity index (χ0n) is 10.4. The Hall–Kier alpha value is -1.20. The van der Waals surface area contributed by atoms with Crippen molar-refractivity contribution < 1.29 is 0 Å². The molecule has 0 radical (unpaired) electrons. The molecule has 0 amide bonds. The lowest BCUT2D eigenvalue weighted by Crippen LogP contribution is -2.18. The number of aryl methyl sites for hydroxylation is 2. The zero-order chi connectivity index (χ0) is 13.0. The maximum absolute atomic E-state index is 6.06. The van der Waals surface area contributed by atoms with E-state index < -0.39 is 0 Å². The summed E-state index contributed by atoms with van der Waals surface area (Å²) >= 11 is 7.76. The third-order valence-electron chi connectivity index (χ3n) is 2.56. The quantitative estimate of drug-likeness (QED) is 0.914. The summed E-state index contributed by atoms with van der Waals surface area (Å²) in [5.41, 5.74) is 0. The third kappa shape index (κ3) is 3.65. The fraction of sp³-hybridized carbons (Fsp3) is 0.417. The maximum Gasteiger partial charge on any atom is 0.226 e. The Morgan fingerprint density at radius 3 is 2.94 bits per heavy atom. The third-order valence-corrected chi connectivity index (χ3v) is 4.01. The van der Waals surface area contributed by atoms with Crippen molar-refractivity contribution in [3.05, 3.63) is 33.5 Å². The first-order chi connectivity index (χ1) is 8.65. The molecule has 4 nitrogen and oxygen atoms in total. The fourth-order valence-corrected chi connectivity index (χ4v) is 2.74. The molecule has 0 saturated carbocycles. The molecule has 2 heterocycles. The molecule has 1 atom stereocenters. The predicted octanol–water partition coefficient (Wildman–Crippen LogP) is 3.33. The van der Waals surface area contributed by atoms with Crippen LogP contribution in [0.25, 0.3) is 0 Å². The summed E-state index contributed by atoms with van der Waals surface area (Å²) < 4.78 is 0. The summed E-state index contributed by atoms with van der Waals surface area (Å²) in [4.78, 5) is 13.5. The molecule has 0 saturated heterocycles. The summed E-state index contributed by atoms with van der Waals surface area (Å²) in [5.74, 6) is 1.35. The van der Waals surface area contributed by atoms with E-state index in [2.05, 4.69) is 27.2 Å². The molecule has 0 bridgehead atoms. The summed E-state index contributed by atoms with van der Waals surface area (Å²) in [6.45, 7) is 3.96. The summed E-state index contributed by atoms with van der Waals surface area (Å²) in [6.07, 6.45) is 3.48. The van der Waals surface area contributed by atoms with Crippen molar-refractivity contribution in [2.24, 2.45) is 0 Å². The maximum atomic E-state index is 6.06. The highest BCUT2D eigenvalue weighted by Gasteiger charge is 2.07. The van der Waals surface area contributed by atoms with Crippen molar-refractivity contribution in [2.45, 2.75) is 32.7 Å². The lowest BCUT2D eigenvalue weighted by molar-refractivity contribution is 0.701. The fourth-order valence-electron chi connectivity index (χ4n) is 1.59. The highest BCUT2D eigenvalue weighted by atomic mass is 35.5. The minimum Gasteiger partial charge on any atom is -0.352 e. The topological polar surface area (TPSA) is 50.7 Å². The van der Waals surface area contributed by atoms with Gasteiger partial charge < -0.3 is 5.32 Å². The van der Waals surface area contributed by atoms with Crippen LogP contribution in [0.1, 0.15) is 24.0 Å². The number of anilines is 1. The first-order valence-electron chi connectivity index (χ1n) is 5.79. The molecule has 96 valence electrons. The molecule has 2 aromatic heterocycles. The van der Waals surface area contributed by atoms with Gasteiger partial charge in [-0.2, -0.15) is 4.98 Å². The average molecular weight is 283 g/mol. The van der Waals surface area contributed by atoms with Crippen LogP contribution in [0, 0.1) is 6.92 Å². The standard InChI is InChI=1S/C12H15ClN4S/c1-8(3-4-11-10(13)5-6-18-11)16-12-15-7-14-9(2)17-12/h5-8H,3-4H2,1-2H3,(H,14,15,16,17). The van der Waals surface area contributed by atoms with Gasteiger partial charge in [-0.1, -0.05) is 11.6 Å². The molecule has 0 aromatic carbocycles. The van der Waals surface area contributed by atoms with Gasteiger partial charge in [0.2, 0.25) is 5.95 Å². The molecule has 0 fully saturated rings. The first kappa shape index (κ1) is 13.2. The van der Waals surface area contributed by atoms with Gasteiger partial charge in [0.05, 0.1) is 5.02 Å². The molecule has 0 aliphatic rings. The van der Waals surface area contributed by atoms with E-state index in [0.29, 0.717) is 12.0 Å². The Bertz CT molecular complexity index is 514. The minimum absolute atomic E-state index is 0.296. The summed E-state index contributed by atoms with van der Waals surface area (Å²) in [7, 11) is 0. The Kier molecular flexibility index (Phi) is 4.49. The van der Waals surface area contributed by atoms with Crippen molar-refractivity contribution in [3.63, 3.8) is 0 Å². The Labute approximate surface area is 115 Å². The monoisotopic (exact) mass is 282 g/mol. The van der Waals surface area contributed by atoms with E-state index in [4.69, 9.17) is 11.6 Å². The number of hydrogen-bond acceptors (Lipinski definition) is 5. The van der Waals surface area contributed by atoms with Crippen molar-refractivity contribution in [2.75, 3.05) is 5.32 Å². The van der Waals surface area contributed by atoms with E-state index in [-0.39, 0.29) is 0 Å². The minimum atomic E-state index is 0.296. The number of hydrogen-bond donors (Lipinski definition) is 1. The average Bonchev–Trinajstić information content (AvgIpc) is 2.72. The number of nitrogens with zero attached hydrogens (tertiary/aromatic N) is 3. The Morgan fingerprint density at radius 1 is 1.44 bits per heavy atom. The van der Waals surface area contributed by atoms with Gasteiger partial charge in [0.25, 0.3) is 0 Å². The molecule has 1 N–H and O–H groups in total. The normalized spacial score (nSPS) is 12.4. The Morgan fingerprint density at radius 2 is 2.28 bits per heavy atom. The van der Waals surface area contributed by atoms with E-state index >= 15 is 0 Å². The number of halogens is 1.